The van der Waals surface area contributed by atoms with E-state index < -0.39 is 11.9 Å². The summed E-state index contributed by atoms with van der Waals surface area (Å²) in [5, 5.41) is 8.40. The Balaban J connectivity index is 0.00000193. The van der Waals surface area contributed by atoms with Crippen LogP contribution in [0.4, 0.5) is 5.69 Å². The summed E-state index contributed by atoms with van der Waals surface area (Å²) < 4.78 is 5.51. The van der Waals surface area contributed by atoms with E-state index in [4.69, 9.17) is 4.74 Å². The third-order valence-corrected chi connectivity index (χ3v) is 5.85. The largest absolute Gasteiger partial charge is 0.370 e. The van der Waals surface area contributed by atoms with Crippen LogP contribution in [0.25, 0.3) is 0 Å². The number of hydrogen-bond acceptors (Lipinski definition) is 7. The summed E-state index contributed by atoms with van der Waals surface area (Å²) in [6.07, 6.45) is 0.498. The zero-order valence-corrected chi connectivity index (χ0v) is 19.8. The van der Waals surface area contributed by atoms with Crippen LogP contribution in [0, 0.1) is 0 Å². The molecule has 3 heterocycles. The molecule has 2 fully saturated rings. The molecule has 12 heteroatoms. The summed E-state index contributed by atoms with van der Waals surface area (Å²) in [6.45, 7) is 5.28. The van der Waals surface area contributed by atoms with Gasteiger partial charge in [-0.15, -0.1) is 24.8 Å². The molecule has 2 saturated heterocycles. The number of carbonyl (C=O) groups excluding carboxylic acids is 4. The van der Waals surface area contributed by atoms with E-state index in [9.17, 15) is 19.2 Å². The predicted octanol–water partition coefficient (Wildman–Crippen LogP) is 0.152. The molecule has 0 radical (unpaired) electrons. The molecule has 0 spiro atoms. The van der Waals surface area contributed by atoms with Gasteiger partial charge in [0, 0.05) is 62.5 Å². The normalized spacial score (nSPS) is 20.4. The molecule has 0 aromatic heterocycles. The molecule has 1 aromatic rings. The number of ether oxygens (including phenoxy) is 1. The minimum absolute atomic E-state index is 0. The number of fused-ring (bicyclic) bond motifs is 1. The van der Waals surface area contributed by atoms with Gasteiger partial charge in [-0.25, -0.2) is 0 Å². The monoisotopic (exact) mass is 501 g/mol. The van der Waals surface area contributed by atoms with Gasteiger partial charge >= 0.3 is 0 Å². The highest BCUT2D eigenvalue weighted by Gasteiger charge is 2.39. The number of nitrogens with one attached hydrogen (secondary N) is 3. The van der Waals surface area contributed by atoms with Crippen LogP contribution < -0.4 is 16.0 Å². The fourth-order valence-electron chi connectivity index (χ4n) is 4.18. The number of imide groups is 1. The summed E-state index contributed by atoms with van der Waals surface area (Å²) in [5.74, 6) is -1.34. The highest BCUT2D eigenvalue weighted by molar-refractivity contribution is 6.06. The van der Waals surface area contributed by atoms with Crippen LogP contribution in [0.5, 0.6) is 0 Å². The third kappa shape index (κ3) is 6.42. The van der Waals surface area contributed by atoms with E-state index in [2.05, 4.69) is 20.9 Å². The maximum absolute atomic E-state index is 12.8. The Morgan fingerprint density at radius 3 is 2.64 bits per heavy atom. The van der Waals surface area contributed by atoms with Crippen LogP contribution in [0.15, 0.2) is 18.2 Å². The van der Waals surface area contributed by atoms with Gasteiger partial charge in [0.2, 0.25) is 17.7 Å². The molecule has 1 atom stereocenters. The number of piperidine rings is 1. The quantitative estimate of drug-likeness (QED) is 0.359. The van der Waals surface area contributed by atoms with E-state index in [1.54, 1.807) is 18.2 Å². The van der Waals surface area contributed by atoms with Gasteiger partial charge in [0.05, 0.1) is 6.61 Å². The fraction of sp³-hybridized carbons (Fsp3) is 0.524. The minimum atomic E-state index is -0.686. The Morgan fingerprint density at radius 1 is 1.15 bits per heavy atom. The van der Waals surface area contributed by atoms with Gasteiger partial charge in [0.1, 0.15) is 12.6 Å². The summed E-state index contributed by atoms with van der Waals surface area (Å²) in [6, 6.07) is 4.43. The number of carbonyl (C=O) groups is 4. The lowest BCUT2D eigenvalue weighted by molar-refractivity contribution is -0.137. The van der Waals surface area contributed by atoms with Crippen LogP contribution in [0.2, 0.25) is 0 Å². The van der Waals surface area contributed by atoms with Crippen LogP contribution in [0.1, 0.15) is 28.8 Å². The van der Waals surface area contributed by atoms with Gasteiger partial charge in [-0.3, -0.25) is 29.4 Å². The second-order valence-corrected chi connectivity index (χ2v) is 7.92. The topological polar surface area (TPSA) is 120 Å². The molecule has 10 nitrogen and oxygen atoms in total. The van der Waals surface area contributed by atoms with Gasteiger partial charge in [-0.1, -0.05) is 6.07 Å². The number of benzene rings is 1. The van der Waals surface area contributed by atoms with Crippen LogP contribution in [0.3, 0.4) is 0 Å². The maximum Gasteiger partial charge on any atom is 0.255 e. The zero-order valence-electron chi connectivity index (χ0n) is 18.1. The third-order valence-electron chi connectivity index (χ3n) is 5.85. The Bertz CT molecular complexity index is 894. The summed E-state index contributed by atoms with van der Waals surface area (Å²) >= 11 is 0. The Labute approximate surface area is 204 Å². The van der Waals surface area contributed by atoms with Gasteiger partial charge in [-0.2, -0.15) is 0 Å². The lowest BCUT2D eigenvalue weighted by Gasteiger charge is -2.29. The van der Waals surface area contributed by atoms with Crippen molar-refractivity contribution >= 4 is 54.1 Å². The SMILES string of the molecule is Cl.Cl.O=C1CCC(N2Cc3c(NC(=O)COCCN4CCNCC4)cccc3C2=O)C(=O)N1. The lowest BCUT2D eigenvalue weighted by atomic mass is 10.0. The van der Waals surface area contributed by atoms with Crippen molar-refractivity contribution in [3.63, 3.8) is 0 Å². The van der Waals surface area contributed by atoms with Crippen molar-refractivity contribution in [2.75, 3.05) is 51.3 Å². The molecule has 4 rings (SSSR count). The van der Waals surface area contributed by atoms with Crippen molar-refractivity contribution in [2.24, 2.45) is 0 Å². The second kappa shape index (κ2) is 12.3. The summed E-state index contributed by atoms with van der Waals surface area (Å²) in [7, 11) is 0. The van der Waals surface area contributed by atoms with Crippen LogP contribution >= 0.6 is 24.8 Å². The molecule has 3 aliphatic rings. The van der Waals surface area contributed by atoms with Gasteiger partial charge in [-0.05, 0) is 18.6 Å². The molecule has 4 amide bonds. The average Bonchev–Trinajstić information content (AvgIpc) is 3.09. The van der Waals surface area contributed by atoms with Crippen molar-refractivity contribution in [3.05, 3.63) is 29.3 Å². The molecular weight excluding hydrogens is 473 g/mol. The first-order valence-corrected chi connectivity index (χ1v) is 10.6. The van der Waals surface area contributed by atoms with Crippen LogP contribution in [-0.2, 0) is 25.7 Å². The van der Waals surface area contributed by atoms with Gasteiger partial charge in [0.25, 0.3) is 5.91 Å². The minimum Gasteiger partial charge on any atom is -0.370 e. The number of hydrogen-bond donors (Lipinski definition) is 3. The molecule has 33 heavy (non-hydrogen) atoms. The molecule has 3 N–H and O–H groups in total. The lowest BCUT2D eigenvalue weighted by Crippen LogP contribution is -2.52. The molecule has 0 bridgehead atoms. The van der Waals surface area contributed by atoms with Crippen molar-refractivity contribution in [2.45, 2.75) is 25.4 Å². The average molecular weight is 502 g/mol. The molecule has 182 valence electrons. The van der Waals surface area contributed by atoms with E-state index in [0.29, 0.717) is 29.8 Å². The van der Waals surface area contributed by atoms with Crippen LogP contribution in [-0.4, -0.2) is 85.4 Å². The smallest absolute Gasteiger partial charge is 0.255 e. The standard InChI is InChI=1S/C21H27N5O5.2ClH/c27-18-5-4-17(20(29)24-18)26-12-15-14(21(26)30)2-1-3-16(15)23-19(28)13-31-11-10-25-8-6-22-7-9-25;;/h1-3,17,22H,4-13H2,(H,23,28)(H,24,27,29);2*1H. The molecule has 0 aliphatic carbocycles. The van der Waals surface area contributed by atoms with Crippen molar-refractivity contribution in [3.8, 4) is 0 Å². The van der Waals surface area contributed by atoms with E-state index in [-0.39, 0.29) is 62.1 Å². The first-order valence-electron chi connectivity index (χ1n) is 10.6. The van der Waals surface area contributed by atoms with E-state index in [1.807, 2.05) is 0 Å². The number of nitrogens with zero attached hydrogens (tertiary/aromatic N) is 2. The highest BCUT2D eigenvalue weighted by atomic mass is 35.5. The fourth-order valence-corrected chi connectivity index (χ4v) is 4.18. The Kier molecular flexibility index (Phi) is 10.1. The van der Waals surface area contributed by atoms with Gasteiger partial charge in [0.15, 0.2) is 0 Å². The van der Waals surface area contributed by atoms with E-state index in [0.717, 1.165) is 32.7 Å². The van der Waals surface area contributed by atoms with E-state index >= 15 is 0 Å². The number of halogens is 2. The molecule has 3 aliphatic heterocycles. The number of amides is 4. The van der Waals surface area contributed by atoms with Crippen molar-refractivity contribution < 1.29 is 23.9 Å². The number of piperazine rings is 1. The highest BCUT2D eigenvalue weighted by Crippen LogP contribution is 2.32. The number of anilines is 1. The summed E-state index contributed by atoms with van der Waals surface area (Å²) in [4.78, 5) is 52.5. The maximum atomic E-state index is 12.8. The zero-order chi connectivity index (χ0) is 21.8. The molecular formula is C21H29Cl2N5O5. The van der Waals surface area contributed by atoms with E-state index in [1.165, 1.54) is 4.90 Å². The molecule has 1 aromatic carbocycles. The Hall–Kier alpha value is -2.24. The van der Waals surface area contributed by atoms with Crippen molar-refractivity contribution in [1.29, 1.82) is 0 Å². The molecule has 0 saturated carbocycles. The predicted molar refractivity (Wildman–Crippen MR) is 126 cm³/mol. The molecule has 1 unspecified atom stereocenters. The second-order valence-electron chi connectivity index (χ2n) is 7.92. The summed E-state index contributed by atoms with van der Waals surface area (Å²) in [5.41, 5.74) is 1.67. The first-order chi connectivity index (χ1) is 15.0. The Morgan fingerprint density at radius 2 is 1.91 bits per heavy atom. The van der Waals surface area contributed by atoms with Gasteiger partial charge < -0.3 is 20.3 Å². The number of rotatable bonds is 7. The first kappa shape index (κ1) is 27.0. The van der Waals surface area contributed by atoms with Crippen molar-refractivity contribution in [1.82, 2.24) is 20.4 Å².